The molecule has 0 aliphatic rings. The minimum Gasteiger partial charge on any atom is -0.489 e. The highest BCUT2D eigenvalue weighted by Gasteiger charge is 2.11. The number of hydrogen-bond acceptors (Lipinski definition) is 6. The second-order valence-corrected chi connectivity index (χ2v) is 6.16. The molecule has 158 valence electrons. The van der Waals surface area contributed by atoms with Crippen LogP contribution in [0.5, 0.6) is 5.75 Å². The highest BCUT2D eigenvalue weighted by molar-refractivity contribution is 5.91. The number of ether oxygens (including phenoxy) is 1. The molecule has 0 fully saturated rings. The molecule has 0 radical (unpaired) electrons. The zero-order valence-electron chi connectivity index (χ0n) is 15.9. The van der Waals surface area contributed by atoms with E-state index in [2.05, 4.69) is 16.0 Å². The Morgan fingerprint density at radius 2 is 1.97 bits per heavy atom. The first-order valence-corrected chi connectivity index (χ1v) is 8.99. The van der Waals surface area contributed by atoms with Crippen molar-refractivity contribution in [3.05, 3.63) is 59.4 Å². The van der Waals surface area contributed by atoms with Crippen molar-refractivity contribution in [2.45, 2.75) is 6.10 Å². The quantitative estimate of drug-likeness (QED) is 0.370. The van der Waals surface area contributed by atoms with E-state index in [1.54, 1.807) is 24.3 Å². The summed E-state index contributed by atoms with van der Waals surface area (Å²) in [6, 6.07) is 11.4. The normalized spacial score (nSPS) is 11.2. The SMILES string of the molecule is N#Cc1ccccc1OC[C@@H](O)CNCCNC(=O)Nc1ccc(C(=O)O)c(F)c1. The number of aliphatic hydroxyl groups is 1. The molecule has 0 aromatic heterocycles. The molecule has 2 amide bonds. The van der Waals surface area contributed by atoms with Crippen LogP contribution >= 0.6 is 0 Å². The molecule has 10 heteroatoms. The highest BCUT2D eigenvalue weighted by Crippen LogP contribution is 2.16. The van der Waals surface area contributed by atoms with Crippen LogP contribution in [0.15, 0.2) is 42.5 Å². The summed E-state index contributed by atoms with van der Waals surface area (Å²) in [5.74, 6) is -1.95. The molecule has 0 saturated heterocycles. The number of carbonyl (C=O) groups excluding carboxylic acids is 1. The number of amides is 2. The predicted molar refractivity (Wildman–Crippen MR) is 106 cm³/mol. The maximum absolute atomic E-state index is 13.6. The van der Waals surface area contributed by atoms with Crippen molar-refractivity contribution >= 4 is 17.7 Å². The number of para-hydroxylation sites is 1. The number of urea groups is 1. The molecule has 0 aliphatic carbocycles. The van der Waals surface area contributed by atoms with Gasteiger partial charge < -0.3 is 30.9 Å². The van der Waals surface area contributed by atoms with Gasteiger partial charge in [0.2, 0.25) is 0 Å². The van der Waals surface area contributed by atoms with Crippen molar-refractivity contribution in [1.29, 1.82) is 5.26 Å². The molecule has 0 spiro atoms. The summed E-state index contributed by atoms with van der Waals surface area (Å²) in [5.41, 5.74) is 0.0161. The molecule has 1 atom stereocenters. The number of benzene rings is 2. The van der Waals surface area contributed by atoms with Crippen LogP contribution in [0.3, 0.4) is 0 Å². The van der Waals surface area contributed by atoms with E-state index < -0.39 is 29.5 Å². The Morgan fingerprint density at radius 1 is 1.20 bits per heavy atom. The molecular weight excluding hydrogens is 395 g/mol. The molecule has 5 N–H and O–H groups in total. The summed E-state index contributed by atoms with van der Waals surface area (Å²) < 4.78 is 19.0. The number of carbonyl (C=O) groups is 2. The van der Waals surface area contributed by atoms with Crippen LogP contribution in [0.2, 0.25) is 0 Å². The summed E-state index contributed by atoms with van der Waals surface area (Å²) >= 11 is 0. The van der Waals surface area contributed by atoms with E-state index >= 15 is 0 Å². The van der Waals surface area contributed by atoms with Gasteiger partial charge in [0.05, 0.1) is 11.1 Å². The first-order chi connectivity index (χ1) is 14.4. The molecule has 0 aliphatic heterocycles. The molecule has 2 rings (SSSR count). The summed E-state index contributed by atoms with van der Waals surface area (Å²) in [6.45, 7) is 0.787. The van der Waals surface area contributed by atoms with E-state index in [4.69, 9.17) is 15.1 Å². The zero-order chi connectivity index (χ0) is 21.9. The van der Waals surface area contributed by atoms with Gasteiger partial charge >= 0.3 is 12.0 Å². The summed E-state index contributed by atoms with van der Waals surface area (Å²) in [6.07, 6.45) is -0.818. The maximum atomic E-state index is 13.6. The number of halogens is 1. The molecule has 2 aromatic rings. The van der Waals surface area contributed by atoms with E-state index in [-0.39, 0.29) is 25.4 Å². The second-order valence-electron chi connectivity index (χ2n) is 6.16. The van der Waals surface area contributed by atoms with Crippen LogP contribution < -0.4 is 20.7 Å². The van der Waals surface area contributed by atoms with Gasteiger partial charge in [-0.3, -0.25) is 0 Å². The molecule has 0 saturated carbocycles. The number of nitrogens with one attached hydrogen (secondary N) is 3. The molecule has 0 heterocycles. The molecule has 9 nitrogen and oxygen atoms in total. The fourth-order valence-corrected chi connectivity index (χ4v) is 2.40. The lowest BCUT2D eigenvalue weighted by molar-refractivity contribution is 0.0692. The van der Waals surface area contributed by atoms with Gasteiger partial charge in [-0.15, -0.1) is 0 Å². The van der Waals surface area contributed by atoms with Crippen LogP contribution in [0.25, 0.3) is 0 Å². The summed E-state index contributed by atoms with van der Waals surface area (Å²) in [5, 5.41) is 35.5. The van der Waals surface area contributed by atoms with Gasteiger partial charge in [-0.2, -0.15) is 5.26 Å². The van der Waals surface area contributed by atoms with Gasteiger partial charge in [0, 0.05) is 25.3 Å². The van der Waals surface area contributed by atoms with Crippen molar-refractivity contribution in [2.24, 2.45) is 0 Å². The Bertz CT molecular complexity index is 932. The van der Waals surface area contributed by atoms with E-state index in [0.717, 1.165) is 12.1 Å². The van der Waals surface area contributed by atoms with Crippen molar-refractivity contribution in [1.82, 2.24) is 10.6 Å². The van der Waals surface area contributed by atoms with Crippen molar-refractivity contribution in [3.63, 3.8) is 0 Å². The number of nitriles is 1. The van der Waals surface area contributed by atoms with Crippen molar-refractivity contribution in [2.75, 3.05) is 31.6 Å². The van der Waals surface area contributed by atoms with Gasteiger partial charge in [-0.25, -0.2) is 14.0 Å². The van der Waals surface area contributed by atoms with Gasteiger partial charge in [0.25, 0.3) is 0 Å². The fourth-order valence-electron chi connectivity index (χ4n) is 2.40. The van der Waals surface area contributed by atoms with Crippen LogP contribution in [0.1, 0.15) is 15.9 Å². The Hall–Kier alpha value is -3.68. The molecule has 0 unspecified atom stereocenters. The molecular formula is C20H21FN4O5. The number of carboxylic acids is 1. The van der Waals surface area contributed by atoms with Gasteiger partial charge in [-0.05, 0) is 30.3 Å². The fraction of sp³-hybridized carbons (Fsp3) is 0.250. The lowest BCUT2D eigenvalue weighted by atomic mass is 10.2. The lowest BCUT2D eigenvalue weighted by Gasteiger charge is -2.14. The summed E-state index contributed by atoms with van der Waals surface area (Å²) in [4.78, 5) is 22.5. The van der Waals surface area contributed by atoms with Crippen LogP contribution in [0.4, 0.5) is 14.9 Å². The predicted octanol–water partition coefficient (Wildman–Crippen LogP) is 1.55. The topological polar surface area (TPSA) is 144 Å². The second kappa shape index (κ2) is 11.4. The van der Waals surface area contributed by atoms with Gasteiger partial charge in [0.15, 0.2) is 0 Å². The number of carboxylic acid groups (broad SMARTS) is 1. The average molecular weight is 416 g/mol. The number of nitrogens with zero attached hydrogens (tertiary/aromatic N) is 1. The number of anilines is 1. The van der Waals surface area contributed by atoms with Crippen molar-refractivity contribution < 1.29 is 28.9 Å². The van der Waals surface area contributed by atoms with E-state index in [9.17, 15) is 19.1 Å². The third-order valence-corrected chi connectivity index (χ3v) is 3.86. The Labute approximate surface area is 172 Å². The van der Waals surface area contributed by atoms with E-state index in [0.29, 0.717) is 17.9 Å². The minimum atomic E-state index is -1.39. The zero-order valence-corrected chi connectivity index (χ0v) is 15.9. The molecule has 30 heavy (non-hydrogen) atoms. The minimum absolute atomic E-state index is 0.00247. The maximum Gasteiger partial charge on any atom is 0.338 e. The van der Waals surface area contributed by atoms with Crippen LogP contribution in [-0.4, -0.2) is 54.6 Å². The smallest absolute Gasteiger partial charge is 0.338 e. The summed E-state index contributed by atoms with van der Waals surface area (Å²) in [7, 11) is 0. The van der Waals surface area contributed by atoms with Crippen LogP contribution in [0, 0.1) is 17.1 Å². The largest absolute Gasteiger partial charge is 0.489 e. The van der Waals surface area contributed by atoms with Crippen molar-refractivity contribution in [3.8, 4) is 11.8 Å². The average Bonchev–Trinajstić information content (AvgIpc) is 2.72. The van der Waals surface area contributed by atoms with Gasteiger partial charge in [0.1, 0.15) is 30.3 Å². The first-order valence-electron chi connectivity index (χ1n) is 8.99. The van der Waals surface area contributed by atoms with Gasteiger partial charge in [-0.1, -0.05) is 12.1 Å². The number of aliphatic hydroxyl groups excluding tert-OH is 1. The number of rotatable bonds is 10. The third-order valence-electron chi connectivity index (χ3n) is 3.86. The van der Waals surface area contributed by atoms with Crippen LogP contribution in [-0.2, 0) is 0 Å². The Balaban J connectivity index is 1.63. The first kappa shape index (κ1) is 22.6. The lowest BCUT2D eigenvalue weighted by Crippen LogP contribution is -2.38. The van der Waals surface area contributed by atoms with E-state index in [1.165, 1.54) is 6.07 Å². The Morgan fingerprint density at radius 3 is 2.67 bits per heavy atom. The standard InChI is InChI=1S/C20H21FN4O5/c21-17-9-14(5-6-16(17)19(27)28)25-20(29)24-8-7-23-11-15(26)12-30-18-4-2-1-3-13(18)10-22/h1-6,9,15,23,26H,7-8,11-12H2,(H,27,28)(H2,24,25,29)/t15-/m0/s1. The van der Waals surface area contributed by atoms with E-state index in [1.807, 2.05) is 6.07 Å². The Kier molecular flexibility index (Phi) is 8.56. The number of aromatic carboxylic acids is 1. The number of hydrogen-bond donors (Lipinski definition) is 5. The third kappa shape index (κ3) is 7.05. The monoisotopic (exact) mass is 416 g/mol. The molecule has 2 aromatic carbocycles. The highest BCUT2D eigenvalue weighted by atomic mass is 19.1. The molecule has 0 bridgehead atoms.